The van der Waals surface area contributed by atoms with Gasteiger partial charge in [0.05, 0.1) is 0 Å². The molecule has 0 spiro atoms. The third-order valence-electron chi connectivity index (χ3n) is 5.50. The lowest BCUT2D eigenvalue weighted by molar-refractivity contribution is 0.673. The molecule has 6 rings (SSSR count). The maximum atomic E-state index is 6.39. The van der Waals surface area contributed by atoms with Crippen LogP contribution in [0.3, 0.4) is 0 Å². The molecular weight excluding hydrogens is 455 g/mol. The Morgan fingerprint density at radius 1 is 0.571 bits per heavy atom. The second-order valence-corrected chi connectivity index (χ2v) is 8.40. The van der Waals surface area contributed by atoms with Gasteiger partial charge in [-0.25, -0.2) is 0 Å². The van der Waals surface area contributed by atoms with Crippen LogP contribution >= 0.6 is 22.6 Å². The van der Waals surface area contributed by atoms with E-state index in [1.807, 2.05) is 0 Å². The molecule has 1 heterocycles. The molecule has 1 nitrogen and oxygen atoms in total. The third kappa shape index (κ3) is 2.38. The molecule has 0 atom stereocenters. The SMILES string of the molecule is Ic1cccc(-c2ccc3ccc4c(oc5ccc6ccccc6c54)c3c2)c1. The molecule has 0 unspecified atom stereocenters. The van der Waals surface area contributed by atoms with E-state index in [2.05, 4.69) is 114 Å². The molecule has 0 saturated heterocycles. The fourth-order valence-electron chi connectivity index (χ4n) is 4.17. The Morgan fingerprint density at radius 2 is 1.36 bits per heavy atom. The summed E-state index contributed by atoms with van der Waals surface area (Å²) in [6, 6.07) is 32.4. The second kappa shape index (κ2) is 6.08. The van der Waals surface area contributed by atoms with Gasteiger partial charge in [-0.2, -0.15) is 0 Å². The van der Waals surface area contributed by atoms with E-state index < -0.39 is 0 Å². The van der Waals surface area contributed by atoms with Crippen LogP contribution in [0, 0.1) is 3.57 Å². The van der Waals surface area contributed by atoms with Crippen molar-refractivity contribution in [1.82, 2.24) is 0 Å². The van der Waals surface area contributed by atoms with Crippen molar-refractivity contribution in [3.05, 3.63) is 94.6 Å². The second-order valence-electron chi connectivity index (χ2n) is 7.15. The van der Waals surface area contributed by atoms with Gasteiger partial charge in [-0.05, 0) is 80.2 Å². The molecule has 5 aromatic carbocycles. The van der Waals surface area contributed by atoms with Crippen LogP contribution in [-0.4, -0.2) is 0 Å². The first-order valence-electron chi connectivity index (χ1n) is 9.31. The van der Waals surface area contributed by atoms with Gasteiger partial charge in [-0.15, -0.1) is 0 Å². The number of hydrogen-bond donors (Lipinski definition) is 0. The van der Waals surface area contributed by atoms with E-state index in [9.17, 15) is 0 Å². The molecule has 2 heteroatoms. The van der Waals surface area contributed by atoms with Crippen LogP contribution in [0.15, 0.2) is 95.4 Å². The highest BCUT2D eigenvalue weighted by Crippen LogP contribution is 2.39. The number of hydrogen-bond acceptors (Lipinski definition) is 1. The standard InChI is InChI=1S/C26H15IO/c27-20-6-3-5-18(14-20)19-9-8-17-10-12-22-25-21-7-2-1-4-16(21)11-13-24(25)28-26(22)23(17)15-19/h1-15H. The van der Waals surface area contributed by atoms with Crippen LogP contribution in [0.25, 0.3) is 54.6 Å². The van der Waals surface area contributed by atoms with Crippen molar-refractivity contribution >= 4 is 66.1 Å². The van der Waals surface area contributed by atoms with Gasteiger partial charge < -0.3 is 4.42 Å². The van der Waals surface area contributed by atoms with Gasteiger partial charge >= 0.3 is 0 Å². The average molecular weight is 470 g/mol. The predicted molar refractivity (Wildman–Crippen MR) is 127 cm³/mol. The summed E-state index contributed by atoms with van der Waals surface area (Å²) in [6.45, 7) is 0. The molecule has 6 aromatic rings. The minimum Gasteiger partial charge on any atom is -0.455 e. The largest absolute Gasteiger partial charge is 0.455 e. The normalized spacial score (nSPS) is 11.8. The highest BCUT2D eigenvalue weighted by molar-refractivity contribution is 14.1. The Labute approximate surface area is 175 Å². The molecule has 0 aliphatic heterocycles. The Hall–Kier alpha value is -2.85. The molecule has 0 radical (unpaired) electrons. The minimum absolute atomic E-state index is 0.945. The summed E-state index contributed by atoms with van der Waals surface area (Å²) >= 11 is 2.36. The molecular formula is C26H15IO. The quantitative estimate of drug-likeness (QED) is 0.221. The Balaban J connectivity index is 1.72. The molecule has 0 N–H and O–H groups in total. The maximum Gasteiger partial charge on any atom is 0.143 e. The Morgan fingerprint density at radius 3 is 2.29 bits per heavy atom. The summed E-state index contributed by atoms with van der Waals surface area (Å²) in [7, 11) is 0. The summed E-state index contributed by atoms with van der Waals surface area (Å²) in [5.74, 6) is 0. The lowest BCUT2D eigenvalue weighted by atomic mass is 9.98. The van der Waals surface area contributed by atoms with E-state index in [-0.39, 0.29) is 0 Å². The number of rotatable bonds is 1. The Bertz CT molecular complexity index is 1520. The summed E-state index contributed by atoms with van der Waals surface area (Å²) in [6.07, 6.45) is 0. The summed E-state index contributed by atoms with van der Waals surface area (Å²) in [5.41, 5.74) is 4.35. The van der Waals surface area contributed by atoms with Gasteiger partial charge in [0.2, 0.25) is 0 Å². The summed E-state index contributed by atoms with van der Waals surface area (Å²) < 4.78 is 7.63. The molecule has 0 saturated carbocycles. The highest BCUT2D eigenvalue weighted by Gasteiger charge is 2.13. The number of benzene rings is 5. The predicted octanol–water partition coefficient (Wildman–Crippen LogP) is 8.16. The van der Waals surface area contributed by atoms with Gasteiger partial charge in [0, 0.05) is 19.7 Å². The van der Waals surface area contributed by atoms with Gasteiger partial charge in [0.1, 0.15) is 11.2 Å². The van der Waals surface area contributed by atoms with Crippen molar-refractivity contribution in [2.45, 2.75) is 0 Å². The van der Waals surface area contributed by atoms with Crippen LogP contribution in [0.4, 0.5) is 0 Å². The van der Waals surface area contributed by atoms with Crippen LogP contribution in [-0.2, 0) is 0 Å². The lowest BCUT2D eigenvalue weighted by Gasteiger charge is -2.05. The van der Waals surface area contributed by atoms with Crippen molar-refractivity contribution < 1.29 is 4.42 Å². The highest BCUT2D eigenvalue weighted by atomic mass is 127. The molecule has 0 bridgehead atoms. The van der Waals surface area contributed by atoms with Crippen molar-refractivity contribution in [2.75, 3.05) is 0 Å². The van der Waals surface area contributed by atoms with Gasteiger partial charge in [-0.1, -0.05) is 60.7 Å². The molecule has 1 aromatic heterocycles. The van der Waals surface area contributed by atoms with Crippen molar-refractivity contribution in [1.29, 1.82) is 0 Å². The van der Waals surface area contributed by atoms with Crippen LogP contribution < -0.4 is 0 Å². The number of fused-ring (bicyclic) bond motifs is 7. The minimum atomic E-state index is 0.945. The maximum absolute atomic E-state index is 6.39. The topological polar surface area (TPSA) is 13.1 Å². The first-order valence-corrected chi connectivity index (χ1v) is 10.4. The van der Waals surface area contributed by atoms with E-state index in [0.29, 0.717) is 0 Å². The summed E-state index contributed by atoms with van der Waals surface area (Å²) in [4.78, 5) is 0. The van der Waals surface area contributed by atoms with Crippen LogP contribution in [0.2, 0.25) is 0 Å². The van der Waals surface area contributed by atoms with E-state index in [1.165, 1.54) is 41.6 Å². The lowest BCUT2D eigenvalue weighted by Crippen LogP contribution is -1.81. The molecule has 0 aliphatic rings. The van der Waals surface area contributed by atoms with E-state index in [4.69, 9.17) is 4.42 Å². The zero-order valence-corrected chi connectivity index (χ0v) is 17.1. The van der Waals surface area contributed by atoms with Gasteiger partial charge in [0.15, 0.2) is 0 Å². The smallest absolute Gasteiger partial charge is 0.143 e. The molecule has 132 valence electrons. The number of furan rings is 1. The molecule has 0 fully saturated rings. The fraction of sp³-hybridized carbons (Fsp3) is 0. The first-order chi connectivity index (χ1) is 13.8. The molecule has 0 aliphatic carbocycles. The van der Waals surface area contributed by atoms with E-state index in [0.717, 1.165) is 16.6 Å². The monoisotopic (exact) mass is 470 g/mol. The van der Waals surface area contributed by atoms with Crippen molar-refractivity contribution in [3.8, 4) is 11.1 Å². The van der Waals surface area contributed by atoms with Crippen LogP contribution in [0.5, 0.6) is 0 Å². The van der Waals surface area contributed by atoms with Gasteiger partial charge in [0.25, 0.3) is 0 Å². The molecule has 28 heavy (non-hydrogen) atoms. The summed E-state index contributed by atoms with van der Waals surface area (Å²) in [5, 5.41) is 7.23. The fourth-order valence-corrected chi connectivity index (χ4v) is 4.71. The van der Waals surface area contributed by atoms with Gasteiger partial charge in [-0.3, -0.25) is 0 Å². The zero-order chi connectivity index (χ0) is 18.7. The molecule has 0 amide bonds. The average Bonchev–Trinajstić information content (AvgIpc) is 3.13. The van der Waals surface area contributed by atoms with E-state index >= 15 is 0 Å². The number of halogens is 1. The van der Waals surface area contributed by atoms with Crippen molar-refractivity contribution in [3.63, 3.8) is 0 Å². The van der Waals surface area contributed by atoms with Crippen molar-refractivity contribution in [2.24, 2.45) is 0 Å². The van der Waals surface area contributed by atoms with Crippen LogP contribution in [0.1, 0.15) is 0 Å². The zero-order valence-electron chi connectivity index (χ0n) is 14.9. The third-order valence-corrected chi connectivity index (χ3v) is 6.17. The van der Waals surface area contributed by atoms with E-state index in [1.54, 1.807) is 0 Å². The first kappa shape index (κ1) is 16.1. The Kier molecular flexibility index (Phi) is 3.50.